The van der Waals surface area contributed by atoms with Crippen LogP contribution in [0.3, 0.4) is 0 Å². The molecule has 3 nitrogen and oxygen atoms in total. The molecule has 0 saturated heterocycles. The summed E-state index contributed by atoms with van der Waals surface area (Å²) in [6.07, 6.45) is 0. The van der Waals surface area contributed by atoms with Crippen LogP contribution < -0.4 is 15.2 Å². The lowest BCUT2D eigenvalue weighted by Gasteiger charge is -2.13. The second-order valence-corrected chi connectivity index (χ2v) is 5.07. The Morgan fingerprint density at radius 1 is 0.950 bits per heavy atom. The van der Waals surface area contributed by atoms with E-state index in [1.807, 2.05) is 18.2 Å². The first-order chi connectivity index (χ1) is 9.63. The summed E-state index contributed by atoms with van der Waals surface area (Å²) in [6, 6.07) is 10.8. The minimum atomic E-state index is 0.330. The summed E-state index contributed by atoms with van der Waals surface area (Å²) >= 11 is 12.0. The molecule has 20 heavy (non-hydrogen) atoms. The molecule has 0 unspecified atom stereocenters. The average molecular weight is 312 g/mol. The summed E-state index contributed by atoms with van der Waals surface area (Å²) in [4.78, 5) is 0. The molecule has 106 valence electrons. The van der Waals surface area contributed by atoms with Crippen molar-refractivity contribution in [2.24, 2.45) is 5.73 Å². The molecule has 2 aromatic rings. The number of hydrogen-bond acceptors (Lipinski definition) is 3. The molecule has 2 aromatic carbocycles. The predicted octanol–water partition coefficient (Wildman–Crippen LogP) is 4.04. The highest BCUT2D eigenvalue weighted by molar-refractivity contribution is 6.31. The van der Waals surface area contributed by atoms with Crippen LogP contribution >= 0.6 is 23.2 Å². The summed E-state index contributed by atoms with van der Waals surface area (Å²) in [5.74, 6) is 1.40. The second kappa shape index (κ2) is 6.84. The summed E-state index contributed by atoms with van der Waals surface area (Å²) in [5.41, 5.74) is 7.44. The number of nitrogens with two attached hydrogens (primary N) is 1. The fourth-order valence-corrected chi connectivity index (χ4v) is 2.20. The zero-order valence-electron chi connectivity index (χ0n) is 11.0. The van der Waals surface area contributed by atoms with Gasteiger partial charge < -0.3 is 15.2 Å². The molecule has 0 heterocycles. The van der Waals surface area contributed by atoms with Crippen LogP contribution in [0.4, 0.5) is 0 Å². The molecule has 5 heteroatoms. The lowest BCUT2D eigenvalue weighted by Crippen LogP contribution is -2.03. The molecule has 0 spiro atoms. The van der Waals surface area contributed by atoms with Crippen LogP contribution in [0.2, 0.25) is 10.0 Å². The van der Waals surface area contributed by atoms with Gasteiger partial charge in [-0.15, -0.1) is 0 Å². The molecule has 2 N–H and O–H groups in total. The Morgan fingerprint density at radius 2 is 1.65 bits per heavy atom. The van der Waals surface area contributed by atoms with Crippen LogP contribution in [0.25, 0.3) is 0 Å². The lowest BCUT2D eigenvalue weighted by atomic mass is 10.2. The van der Waals surface area contributed by atoms with Gasteiger partial charge >= 0.3 is 0 Å². The van der Waals surface area contributed by atoms with Gasteiger partial charge in [0.1, 0.15) is 18.1 Å². The Balaban J connectivity index is 2.20. The van der Waals surface area contributed by atoms with Crippen molar-refractivity contribution in [2.45, 2.75) is 13.2 Å². The van der Waals surface area contributed by atoms with E-state index in [1.165, 1.54) is 0 Å². The van der Waals surface area contributed by atoms with Crippen molar-refractivity contribution in [3.63, 3.8) is 0 Å². The van der Waals surface area contributed by atoms with Crippen LogP contribution in [0.15, 0.2) is 36.4 Å². The smallest absolute Gasteiger partial charge is 0.125 e. The third kappa shape index (κ3) is 3.57. The van der Waals surface area contributed by atoms with Crippen molar-refractivity contribution >= 4 is 23.2 Å². The van der Waals surface area contributed by atoms with Gasteiger partial charge in [-0.2, -0.15) is 0 Å². The Morgan fingerprint density at radius 3 is 2.35 bits per heavy atom. The van der Waals surface area contributed by atoms with Crippen molar-refractivity contribution in [1.82, 2.24) is 0 Å². The van der Waals surface area contributed by atoms with Gasteiger partial charge in [-0.3, -0.25) is 0 Å². The van der Waals surface area contributed by atoms with E-state index in [0.717, 1.165) is 16.9 Å². The van der Waals surface area contributed by atoms with Crippen LogP contribution in [0.5, 0.6) is 11.5 Å². The molecule has 0 aliphatic rings. The van der Waals surface area contributed by atoms with E-state index < -0.39 is 0 Å². The molecular weight excluding hydrogens is 297 g/mol. The Labute approximate surface area is 128 Å². The maximum atomic E-state index is 5.99. The molecule has 0 aliphatic carbocycles. The van der Waals surface area contributed by atoms with Crippen LogP contribution in [-0.2, 0) is 13.2 Å². The molecule has 0 bridgehead atoms. The summed E-state index contributed by atoms with van der Waals surface area (Å²) in [6.45, 7) is 0.719. The van der Waals surface area contributed by atoms with Crippen molar-refractivity contribution in [3.05, 3.63) is 57.6 Å². The Kier molecular flexibility index (Phi) is 5.12. The van der Waals surface area contributed by atoms with Crippen molar-refractivity contribution < 1.29 is 9.47 Å². The SMILES string of the molecule is COc1ccc(Cl)cc1COc1cc(Cl)ccc1CN. The van der Waals surface area contributed by atoms with Crippen LogP contribution in [0.1, 0.15) is 11.1 Å². The summed E-state index contributed by atoms with van der Waals surface area (Å²) in [7, 11) is 1.61. The zero-order valence-corrected chi connectivity index (χ0v) is 12.5. The standard InChI is InChI=1S/C15H15Cl2NO2/c1-19-14-5-4-12(16)6-11(14)9-20-15-7-13(17)3-2-10(15)8-18/h2-7H,8-9,18H2,1H3. The number of hydrogen-bond donors (Lipinski definition) is 1. The van der Waals surface area contributed by atoms with Gasteiger partial charge in [0.2, 0.25) is 0 Å². The highest BCUT2D eigenvalue weighted by Gasteiger charge is 2.08. The first-order valence-electron chi connectivity index (χ1n) is 6.07. The molecule has 2 rings (SSSR count). The fourth-order valence-electron chi connectivity index (χ4n) is 1.85. The minimum Gasteiger partial charge on any atom is -0.496 e. The molecule has 0 amide bonds. The van der Waals surface area contributed by atoms with Crippen LogP contribution in [-0.4, -0.2) is 7.11 Å². The highest BCUT2D eigenvalue weighted by Crippen LogP contribution is 2.27. The predicted molar refractivity (Wildman–Crippen MR) is 81.7 cm³/mol. The van der Waals surface area contributed by atoms with Gasteiger partial charge in [-0.05, 0) is 30.3 Å². The summed E-state index contributed by atoms with van der Waals surface area (Å²) in [5, 5.41) is 1.24. The van der Waals surface area contributed by atoms with E-state index in [-0.39, 0.29) is 0 Å². The third-order valence-electron chi connectivity index (χ3n) is 2.87. The maximum absolute atomic E-state index is 5.99. The van der Waals surface area contributed by atoms with Crippen LogP contribution in [0, 0.1) is 0 Å². The highest BCUT2D eigenvalue weighted by atomic mass is 35.5. The van der Waals surface area contributed by atoms with Gasteiger partial charge in [0, 0.05) is 27.7 Å². The average Bonchev–Trinajstić information content (AvgIpc) is 2.45. The zero-order chi connectivity index (χ0) is 14.5. The first-order valence-corrected chi connectivity index (χ1v) is 6.83. The molecule has 0 aromatic heterocycles. The van der Waals surface area contributed by atoms with Gasteiger partial charge in [0.25, 0.3) is 0 Å². The quantitative estimate of drug-likeness (QED) is 0.906. The number of benzene rings is 2. The number of ether oxygens (including phenoxy) is 2. The first kappa shape index (κ1) is 15.0. The van der Waals surface area contributed by atoms with Gasteiger partial charge in [-0.1, -0.05) is 29.3 Å². The maximum Gasteiger partial charge on any atom is 0.125 e. The van der Waals surface area contributed by atoms with E-state index in [4.69, 9.17) is 38.4 Å². The van der Waals surface area contributed by atoms with Gasteiger partial charge in [-0.25, -0.2) is 0 Å². The third-order valence-corrected chi connectivity index (χ3v) is 3.34. The van der Waals surface area contributed by atoms with E-state index in [0.29, 0.717) is 28.9 Å². The summed E-state index contributed by atoms with van der Waals surface area (Å²) < 4.78 is 11.1. The lowest BCUT2D eigenvalue weighted by molar-refractivity contribution is 0.294. The van der Waals surface area contributed by atoms with Crippen molar-refractivity contribution in [3.8, 4) is 11.5 Å². The minimum absolute atomic E-state index is 0.330. The van der Waals surface area contributed by atoms with Crippen molar-refractivity contribution in [1.29, 1.82) is 0 Å². The Bertz CT molecular complexity index is 549. The van der Waals surface area contributed by atoms with Gasteiger partial charge in [0.15, 0.2) is 0 Å². The van der Waals surface area contributed by atoms with E-state index in [1.54, 1.807) is 25.3 Å². The molecule has 0 saturated carbocycles. The molecular formula is C15H15Cl2NO2. The Hall–Kier alpha value is -1.42. The fraction of sp³-hybridized carbons (Fsp3) is 0.200. The van der Waals surface area contributed by atoms with Crippen molar-refractivity contribution in [2.75, 3.05) is 7.11 Å². The number of halogens is 2. The number of rotatable bonds is 5. The normalized spacial score (nSPS) is 10.4. The molecule has 0 radical (unpaired) electrons. The topological polar surface area (TPSA) is 44.5 Å². The largest absolute Gasteiger partial charge is 0.496 e. The van der Waals surface area contributed by atoms with E-state index >= 15 is 0 Å². The van der Waals surface area contributed by atoms with Gasteiger partial charge in [0.05, 0.1) is 7.11 Å². The van der Waals surface area contributed by atoms with E-state index in [9.17, 15) is 0 Å². The molecule has 0 aliphatic heterocycles. The second-order valence-electron chi connectivity index (χ2n) is 4.20. The number of methoxy groups -OCH3 is 1. The van der Waals surface area contributed by atoms with E-state index in [2.05, 4.69) is 0 Å². The molecule has 0 atom stereocenters. The molecule has 0 fully saturated rings. The monoisotopic (exact) mass is 311 g/mol.